The molecule has 8 nitrogen and oxygen atoms in total. The van der Waals surface area contributed by atoms with Crippen molar-refractivity contribution in [1.29, 1.82) is 0 Å². The first-order chi connectivity index (χ1) is 17.9. The van der Waals surface area contributed by atoms with E-state index in [2.05, 4.69) is 15.3 Å². The molecule has 1 aromatic heterocycles. The summed E-state index contributed by atoms with van der Waals surface area (Å²) in [6.07, 6.45) is 1.99. The molecule has 3 aromatic rings. The number of carbonyl (C=O) groups is 2. The van der Waals surface area contributed by atoms with Gasteiger partial charge in [0.05, 0.1) is 24.5 Å². The van der Waals surface area contributed by atoms with Gasteiger partial charge in [0.25, 0.3) is 0 Å². The summed E-state index contributed by atoms with van der Waals surface area (Å²) in [5.74, 6) is 0.177. The smallest absolute Gasteiger partial charge is 0.349 e. The third-order valence-corrected chi connectivity index (χ3v) is 6.43. The van der Waals surface area contributed by atoms with E-state index in [1.807, 2.05) is 68.0 Å². The van der Waals surface area contributed by atoms with Gasteiger partial charge in [0.15, 0.2) is 5.60 Å². The lowest BCUT2D eigenvalue weighted by Crippen LogP contribution is -2.40. The Labute approximate surface area is 229 Å². The Morgan fingerprint density at radius 3 is 2.29 bits per heavy atom. The molecule has 1 N–H and O–H groups in total. The molecule has 0 aliphatic rings. The van der Waals surface area contributed by atoms with Crippen LogP contribution in [0.25, 0.3) is 5.69 Å². The van der Waals surface area contributed by atoms with Gasteiger partial charge in [-0.15, -0.1) is 0 Å². The number of benzene rings is 2. The van der Waals surface area contributed by atoms with Crippen LogP contribution < -0.4 is 10.1 Å². The first kappa shape index (κ1) is 29.2. The third kappa shape index (κ3) is 7.36. The molecule has 0 saturated carbocycles. The van der Waals surface area contributed by atoms with Crippen LogP contribution in [0, 0.1) is 20.8 Å². The van der Waals surface area contributed by atoms with E-state index in [9.17, 15) is 9.59 Å². The lowest BCUT2D eigenvalue weighted by molar-refractivity contribution is -0.158. The van der Waals surface area contributed by atoms with E-state index in [1.54, 1.807) is 27.8 Å². The summed E-state index contributed by atoms with van der Waals surface area (Å²) >= 11 is 6.03. The van der Waals surface area contributed by atoms with Crippen LogP contribution in [0.2, 0.25) is 5.02 Å². The van der Waals surface area contributed by atoms with Gasteiger partial charge in [-0.05, 0) is 82.5 Å². The summed E-state index contributed by atoms with van der Waals surface area (Å²) < 4.78 is 13.1. The Morgan fingerprint density at radius 1 is 1.08 bits per heavy atom. The monoisotopic (exact) mass is 540 g/mol. The zero-order valence-corrected chi connectivity index (χ0v) is 24.0. The number of halogens is 1. The summed E-state index contributed by atoms with van der Waals surface area (Å²) in [7, 11) is 1.63. The van der Waals surface area contributed by atoms with Gasteiger partial charge in [-0.2, -0.15) is 5.10 Å². The molecule has 0 aliphatic carbocycles. The lowest BCUT2D eigenvalue weighted by Gasteiger charge is -2.27. The van der Waals surface area contributed by atoms with Crippen molar-refractivity contribution in [2.75, 3.05) is 20.2 Å². The zero-order valence-electron chi connectivity index (χ0n) is 23.2. The van der Waals surface area contributed by atoms with Crippen molar-refractivity contribution >= 4 is 23.5 Å². The predicted molar refractivity (Wildman–Crippen MR) is 149 cm³/mol. The number of amides is 1. The van der Waals surface area contributed by atoms with Crippen molar-refractivity contribution in [3.05, 3.63) is 75.6 Å². The Balaban J connectivity index is 1.83. The number of aromatic nitrogens is 2. The number of likely N-dealkylation sites (N-methyl/N-ethyl adjacent to an activating group) is 1. The van der Waals surface area contributed by atoms with Crippen molar-refractivity contribution in [3.8, 4) is 11.4 Å². The molecule has 9 heteroatoms. The van der Waals surface area contributed by atoms with Crippen LogP contribution in [0.5, 0.6) is 5.75 Å². The van der Waals surface area contributed by atoms with Crippen molar-refractivity contribution in [2.45, 2.75) is 60.2 Å². The second-order valence-electron chi connectivity index (χ2n) is 9.87. The quantitative estimate of drug-likeness (QED) is 0.347. The van der Waals surface area contributed by atoms with Gasteiger partial charge in [0.1, 0.15) is 5.75 Å². The Bertz CT molecular complexity index is 1260. The molecule has 0 unspecified atom stereocenters. The highest BCUT2D eigenvalue weighted by atomic mass is 35.5. The van der Waals surface area contributed by atoms with Gasteiger partial charge in [0, 0.05) is 36.9 Å². The number of hydrogen-bond donors (Lipinski definition) is 1. The van der Waals surface area contributed by atoms with Crippen LogP contribution in [-0.4, -0.2) is 52.4 Å². The highest BCUT2D eigenvalue weighted by molar-refractivity contribution is 6.30. The van der Waals surface area contributed by atoms with Crippen molar-refractivity contribution in [2.24, 2.45) is 0 Å². The maximum atomic E-state index is 12.4. The first-order valence-corrected chi connectivity index (χ1v) is 13.0. The maximum absolute atomic E-state index is 12.4. The second kappa shape index (κ2) is 12.5. The topological polar surface area (TPSA) is 85.7 Å². The first-order valence-electron chi connectivity index (χ1n) is 12.6. The molecular formula is C29H37ClN4O4. The fourth-order valence-electron chi connectivity index (χ4n) is 4.22. The SMILES string of the molecule is CCOC(=O)C(C)(C)Oc1c(C)cc(CN(CC(=O)NC)Cc2cn(-c3ccc(Cl)cc3)nc2C)cc1C. The van der Waals surface area contributed by atoms with Gasteiger partial charge < -0.3 is 14.8 Å². The van der Waals surface area contributed by atoms with Crippen LogP contribution in [0.3, 0.4) is 0 Å². The molecule has 3 rings (SSSR count). The molecule has 0 fully saturated rings. The number of ether oxygens (including phenoxy) is 2. The molecule has 0 aliphatic heterocycles. The van der Waals surface area contributed by atoms with Crippen LogP contribution in [0.1, 0.15) is 48.7 Å². The fourth-order valence-corrected chi connectivity index (χ4v) is 4.35. The number of nitrogens with one attached hydrogen (secondary N) is 1. The minimum Gasteiger partial charge on any atom is -0.476 e. The number of carbonyl (C=O) groups excluding carboxylic acids is 2. The largest absolute Gasteiger partial charge is 0.476 e. The fraction of sp³-hybridized carbons (Fsp3) is 0.414. The zero-order chi connectivity index (χ0) is 28.0. The maximum Gasteiger partial charge on any atom is 0.349 e. The van der Waals surface area contributed by atoms with Crippen LogP contribution >= 0.6 is 11.6 Å². The van der Waals surface area contributed by atoms with Crippen molar-refractivity contribution in [3.63, 3.8) is 0 Å². The number of esters is 1. The van der Waals surface area contributed by atoms with E-state index in [1.165, 1.54) is 0 Å². The third-order valence-electron chi connectivity index (χ3n) is 6.18. The van der Waals surface area contributed by atoms with Crippen LogP contribution in [0.15, 0.2) is 42.6 Å². The van der Waals surface area contributed by atoms with E-state index in [0.29, 0.717) is 30.5 Å². The van der Waals surface area contributed by atoms with E-state index in [0.717, 1.165) is 33.6 Å². The van der Waals surface area contributed by atoms with Gasteiger partial charge in [-0.25, -0.2) is 9.48 Å². The lowest BCUT2D eigenvalue weighted by atomic mass is 10.0. The molecule has 0 radical (unpaired) electrons. The van der Waals surface area contributed by atoms with Crippen molar-refractivity contribution in [1.82, 2.24) is 20.0 Å². The summed E-state index contributed by atoms with van der Waals surface area (Å²) in [4.78, 5) is 26.8. The molecular weight excluding hydrogens is 504 g/mol. The van der Waals surface area contributed by atoms with E-state index in [-0.39, 0.29) is 12.5 Å². The number of rotatable bonds is 11. The van der Waals surface area contributed by atoms with Gasteiger partial charge >= 0.3 is 5.97 Å². The number of nitrogens with zero attached hydrogens (tertiary/aromatic N) is 3. The molecule has 0 spiro atoms. The van der Waals surface area contributed by atoms with Gasteiger partial charge in [-0.3, -0.25) is 9.69 Å². The highest BCUT2D eigenvalue weighted by Gasteiger charge is 2.32. The highest BCUT2D eigenvalue weighted by Crippen LogP contribution is 2.30. The standard InChI is InChI=1S/C29H37ClN4O4/c1-8-37-28(36)29(5,6)38-27-19(2)13-22(14-20(27)3)15-33(18-26(35)31-7)16-23-17-34(32-21(23)4)25-11-9-24(30)10-12-25/h9-14,17H,8,15-16,18H2,1-7H3,(H,31,35). The summed E-state index contributed by atoms with van der Waals surface area (Å²) in [6.45, 7) is 12.7. The van der Waals surface area contributed by atoms with Gasteiger partial charge in [-0.1, -0.05) is 23.7 Å². The normalized spacial score (nSPS) is 11.5. The van der Waals surface area contributed by atoms with Gasteiger partial charge in [0.2, 0.25) is 5.91 Å². The minimum atomic E-state index is -1.11. The molecule has 0 bridgehead atoms. The number of hydrogen-bond acceptors (Lipinski definition) is 6. The minimum absolute atomic E-state index is 0.0719. The summed E-state index contributed by atoms with van der Waals surface area (Å²) in [5.41, 5.74) is 4.56. The van der Waals surface area contributed by atoms with E-state index in [4.69, 9.17) is 21.1 Å². The Morgan fingerprint density at radius 2 is 1.71 bits per heavy atom. The molecule has 204 valence electrons. The molecule has 38 heavy (non-hydrogen) atoms. The van der Waals surface area contributed by atoms with E-state index >= 15 is 0 Å². The summed E-state index contributed by atoms with van der Waals surface area (Å²) in [6, 6.07) is 11.6. The van der Waals surface area contributed by atoms with Crippen LogP contribution in [-0.2, 0) is 27.4 Å². The number of aryl methyl sites for hydroxylation is 3. The Hall–Kier alpha value is -3.36. The molecule has 1 amide bonds. The van der Waals surface area contributed by atoms with E-state index < -0.39 is 11.6 Å². The molecule has 0 saturated heterocycles. The van der Waals surface area contributed by atoms with Crippen molar-refractivity contribution < 1.29 is 19.1 Å². The molecule has 1 heterocycles. The second-order valence-corrected chi connectivity index (χ2v) is 10.3. The average molecular weight is 541 g/mol. The average Bonchev–Trinajstić information content (AvgIpc) is 3.21. The predicted octanol–water partition coefficient (Wildman–Crippen LogP) is 4.92. The summed E-state index contributed by atoms with van der Waals surface area (Å²) in [5, 5.41) is 8.05. The Kier molecular flexibility index (Phi) is 9.57. The van der Waals surface area contributed by atoms with Crippen LogP contribution in [0.4, 0.5) is 0 Å². The molecule has 0 atom stereocenters. The molecule has 2 aromatic carbocycles.